The second kappa shape index (κ2) is 9.28. The molecule has 15 nitrogen and oxygen atoms in total. The Bertz CT molecular complexity index is 714. The van der Waals surface area contributed by atoms with Crippen molar-refractivity contribution in [1.82, 2.24) is 0 Å². The largest absolute Gasteiger partial charge is 0.466 e. The van der Waals surface area contributed by atoms with Crippen molar-refractivity contribution < 1.29 is 29.9 Å². The smallest absolute Gasteiger partial charge is 0.211 e. The molecule has 1 heterocycles. The minimum atomic E-state index is -1.64. The predicted octanol–water partition coefficient (Wildman–Crippen LogP) is 0.127. The highest BCUT2D eigenvalue weighted by atomic mass is 16.7. The molecule has 0 aromatic carbocycles. The van der Waals surface area contributed by atoms with Crippen LogP contribution in [-0.4, -0.2) is 75.9 Å². The van der Waals surface area contributed by atoms with E-state index in [1.807, 2.05) is 0 Å². The zero-order valence-corrected chi connectivity index (χ0v) is 13.7. The van der Waals surface area contributed by atoms with E-state index >= 15 is 0 Å². The Labute approximate surface area is 151 Å². The van der Waals surface area contributed by atoms with Crippen LogP contribution >= 0.6 is 0 Å². The number of nitrogens with zero attached hydrogens (tertiary/aromatic N) is 9. The standard InChI is InChI=1S/C12H17N9O6/c13-19-16-5-2-6(17-20-14)11(10(25)9(5)24)27-12-8(18-21-15)7(23)1-4(3-22)26-12/h1,5-12,22-25H,2-3H2/t5?,6?,7?,8?,9-,10?,11-,12-/m1/s1. The third-order valence-corrected chi connectivity index (χ3v) is 4.23. The maximum absolute atomic E-state index is 10.3. The van der Waals surface area contributed by atoms with E-state index in [0.717, 1.165) is 6.08 Å². The number of hydrogen-bond acceptors (Lipinski definition) is 9. The topological polar surface area (TPSA) is 246 Å². The van der Waals surface area contributed by atoms with Crippen molar-refractivity contribution in [1.29, 1.82) is 0 Å². The van der Waals surface area contributed by atoms with Gasteiger partial charge in [0, 0.05) is 14.7 Å². The summed E-state index contributed by atoms with van der Waals surface area (Å²) in [5.74, 6) is -0.0602. The van der Waals surface area contributed by atoms with Crippen LogP contribution in [0.1, 0.15) is 6.42 Å². The van der Waals surface area contributed by atoms with Crippen LogP contribution in [0, 0.1) is 0 Å². The predicted molar refractivity (Wildman–Crippen MR) is 86.4 cm³/mol. The highest BCUT2D eigenvalue weighted by Crippen LogP contribution is 2.31. The maximum Gasteiger partial charge on any atom is 0.211 e. The molecule has 0 amide bonds. The highest BCUT2D eigenvalue weighted by molar-refractivity contribution is 5.08. The molecule has 2 rings (SSSR count). The SMILES string of the molecule is [N-]=[N+]=NC1C(O)C=C(CO)O[C@@H]1O[C@@H]1C(N=[N+]=[N-])CC(N=[N+]=[N-])[C@@H](O)C1O. The number of ether oxygens (including phenoxy) is 2. The van der Waals surface area contributed by atoms with Gasteiger partial charge < -0.3 is 29.9 Å². The van der Waals surface area contributed by atoms with E-state index in [1.54, 1.807) is 0 Å². The molecule has 0 aromatic heterocycles. The summed E-state index contributed by atoms with van der Waals surface area (Å²) in [5.41, 5.74) is 26.0. The quantitative estimate of drug-likeness (QED) is 0.281. The Kier molecular flexibility index (Phi) is 7.07. The lowest BCUT2D eigenvalue weighted by Gasteiger charge is -2.42. The van der Waals surface area contributed by atoms with Crippen LogP contribution in [0.15, 0.2) is 27.2 Å². The highest BCUT2D eigenvalue weighted by Gasteiger charge is 2.47. The minimum absolute atomic E-state index is 0.0602. The molecule has 15 heteroatoms. The van der Waals surface area contributed by atoms with E-state index in [1.165, 1.54) is 0 Å². The van der Waals surface area contributed by atoms with Gasteiger partial charge >= 0.3 is 0 Å². The van der Waals surface area contributed by atoms with Gasteiger partial charge in [0.2, 0.25) is 6.29 Å². The van der Waals surface area contributed by atoms with Gasteiger partial charge in [-0.2, -0.15) is 0 Å². The molecule has 1 fully saturated rings. The van der Waals surface area contributed by atoms with Crippen LogP contribution in [0.3, 0.4) is 0 Å². The van der Waals surface area contributed by atoms with Gasteiger partial charge in [-0.3, -0.25) is 0 Å². The van der Waals surface area contributed by atoms with Crippen LogP contribution in [-0.2, 0) is 9.47 Å². The van der Waals surface area contributed by atoms with Crippen molar-refractivity contribution >= 4 is 0 Å². The van der Waals surface area contributed by atoms with Crippen molar-refractivity contribution in [2.24, 2.45) is 15.3 Å². The fourth-order valence-electron chi connectivity index (χ4n) is 2.95. The zero-order chi connectivity index (χ0) is 20.0. The van der Waals surface area contributed by atoms with Crippen molar-refractivity contribution in [3.63, 3.8) is 0 Å². The first-order chi connectivity index (χ1) is 13.0. The van der Waals surface area contributed by atoms with E-state index in [4.69, 9.17) is 26.1 Å². The van der Waals surface area contributed by atoms with Crippen LogP contribution in [0.4, 0.5) is 0 Å². The Balaban J connectivity index is 2.30. The molecule has 0 radical (unpaired) electrons. The van der Waals surface area contributed by atoms with E-state index in [-0.39, 0.29) is 12.2 Å². The first-order valence-electron chi connectivity index (χ1n) is 7.77. The maximum atomic E-state index is 10.3. The molecule has 146 valence electrons. The summed E-state index contributed by atoms with van der Waals surface area (Å²) in [4.78, 5) is 7.82. The number of aliphatic hydroxyl groups excluding tert-OH is 4. The number of aliphatic hydroxyl groups is 4. The first-order valence-corrected chi connectivity index (χ1v) is 7.77. The average molecular weight is 383 g/mol. The molecule has 0 bridgehead atoms. The lowest BCUT2D eigenvalue weighted by Crippen LogP contribution is -2.58. The number of hydrogen-bond donors (Lipinski definition) is 4. The fourth-order valence-corrected chi connectivity index (χ4v) is 2.95. The van der Waals surface area contributed by atoms with Crippen molar-refractivity contribution in [3.05, 3.63) is 43.2 Å². The fraction of sp³-hybridized carbons (Fsp3) is 0.833. The van der Waals surface area contributed by atoms with Gasteiger partial charge in [-0.15, -0.1) is 0 Å². The summed E-state index contributed by atoms with van der Waals surface area (Å²) in [7, 11) is 0. The lowest BCUT2D eigenvalue weighted by atomic mass is 9.84. The van der Waals surface area contributed by atoms with Crippen molar-refractivity contribution in [2.75, 3.05) is 6.61 Å². The van der Waals surface area contributed by atoms with Gasteiger partial charge in [-0.25, -0.2) is 0 Å². The van der Waals surface area contributed by atoms with E-state index < -0.39 is 55.4 Å². The third kappa shape index (κ3) is 4.52. The van der Waals surface area contributed by atoms with Gasteiger partial charge in [0.15, 0.2) is 0 Å². The minimum Gasteiger partial charge on any atom is -0.466 e. The van der Waals surface area contributed by atoms with Crippen molar-refractivity contribution in [3.8, 4) is 0 Å². The first kappa shape index (κ1) is 20.6. The Hall–Kier alpha value is -2.73. The van der Waals surface area contributed by atoms with Gasteiger partial charge in [-0.1, -0.05) is 15.3 Å². The lowest BCUT2D eigenvalue weighted by molar-refractivity contribution is -0.225. The molecule has 1 aliphatic carbocycles. The summed E-state index contributed by atoms with van der Waals surface area (Å²) in [6.07, 6.45) is -6.26. The Morgan fingerprint density at radius 1 is 1.04 bits per heavy atom. The molecule has 0 spiro atoms. The molecule has 1 saturated carbocycles. The summed E-state index contributed by atoms with van der Waals surface area (Å²) in [6.45, 7) is -0.575. The van der Waals surface area contributed by atoms with Gasteiger partial charge in [0.25, 0.3) is 0 Å². The molecule has 27 heavy (non-hydrogen) atoms. The molecule has 1 aliphatic heterocycles. The molecule has 4 N–H and O–H groups in total. The van der Waals surface area contributed by atoms with Crippen molar-refractivity contribution in [2.45, 2.75) is 55.3 Å². The summed E-state index contributed by atoms with van der Waals surface area (Å²) in [6, 6.07) is -3.38. The molecule has 2 aliphatic rings. The number of rotatable bonds is 6. The molecular weight excluding hydrogens is 366 g/mol. The summed E-state index contributed by atoms with van der Waals surface area (Å²) >= 11 is 0. The van der Waals surface area contributed by atoms with Crippen LogP contribution in [0.5, 0.6) is 0 Å². The van der Waals surface area contributed by atoms with Gasteiger partial charge in [0.05, 0.1) is 30.4 Å². The van der Waals surface area contributed by atoms with Crippen LogP contribution in [0.2, 0.25) is 0 Å². The molecule has 0 saturated heterocycles. The summed E-state index contributed by atoms with van der Waals surface area (Å²) < 4.78 is 10.9. The van der Waals surface area contributed by atoms with E-state index in [2.05, 4.69) is 30.1 Å². The second-order valence-corrected chi connectivity index (χ2v) is 5.83. The van der Waals surface area contributed by atoms with E-state index in [9.17, 15) is 20.4 Å². The molecule has 5 unspecified atom stereocenters. The van der Waals surface area contributed by atoms with Gasteiger partial charge in [-0.05, 0) is 29.1 Å². The third-order valence-electron chi connectivity index (χ3n) is 4.23. The molecule has 8 atom stereocenters. The zero-order valence-electron chi connectivity index (χ0n) is 13.7. The average Bonchev–Trinajstić information content (AvgIpc) is 2.65. The van der Waals surface area contributed by atoms with Crippen LogP contribution < -0.4 is 0 Å². The molecular formula is C12H17N9O6. The normalized spacial score (nSPS) is 38.3. The van der Waals surface area contributed by atoms with E-state index in [0.29, 0.717) is 0 Å². The molecule has 0 aromatic rings. The summed E-state index contributed by atoms with van der Waals surface area (Å²) in [5, 5.41) is 49.9. The Morgan fingerprint density at radius 2 is 1.67 bits per heavy atom. The monoisotopic (exact) mass is 383 g/mol. The second-order valence-electron chi connectivity index (χ2n) is 5.83. The number of azide groups is 3. The van der Waals surface area contributed by atoms with Crippen LogP contribution in [0.25, 0.3) is 31.3 Å². The Morgan fingerprint density at radius 3 is 2.26 bits per heavy atom. The van der Waals surface area contributed by atoms with Gasteiger partial charge in [0.1, 0.15) is 24.5 Å².